The van der Waals surface area contributed by atoms with Gasteiger partial charge in [0.2, 0.25) is 0 Å². The van der Waals surface area contributed by atoms with E-state index in [-0.39, 0.29) is 6.61 Å². The number of benzene rings is 2. The van der Waals surface area contributed by atoms with Crippen molar-refractivity contribution in [1.82, 2.24) is 4.98 Å². The fraction of sp³-hybridized carbons (Fsp3) is 0.158. The Morgan fingerprint density at radius 1 is 1.35 bits per heavy atom. The second-order valence-electron chi connectivity index (χ2n) is 5.61. The third kappa shape index (κ3) is 2.55. The lowest BCUT2D eigenvalue weighted by atomic mass is 10.1. The molecule has 0 saturated heterocycles. The zero-order valence-corrected chi connectivity index (χ0v) is 15.7. The average molecular weight is 415 g/mol. The number of nitrogens with zero attached hydrogens (tertiary/aromatic N) is 1. The Morgan fingerprint density at radius 2 is 2.15 bits per heavy atom. The van der Waals surface area contributed by atoms with Gasteiger partial charge in [-0.05, 0) is 35.0 Å². The van der Waals surface area contributed by atoms with Gasteiger partial charge in [-0.15, -0.1) is 0 Å². The summed E-state index contributed by atoms with van der Waals surface area (Å²) in [6.45, 7) is 2.05. The summed E-state index contributed by atoms with van der Waals surface area (Å²) in [5.41, 5.74) is 2.32. The molecule has 0 aliphatic carbocycles. The van der Waals surface area contributed by atoms with Gasteiger partial charge in [-0.3, -0.25) is 4.98 Å². The van der Waals surface area contributed by atoms with E-state index in [4.69, 9.17) is 14.2 Å². The van der Waals surface area contributed by atoms with Crippen LogP contribution in [0, 0.1) is 0 Å². The van der Waals surface area contributed by atoms with Crippen LogP contribution < -0.4 is 14.8 Å². The molecular weight excluding hydrogens is 400 g/mol. The number of carbonyl (C=O) groups excluding carboxylic acids is 1. The molecule has 0 fully saturated rings. The average Bonchev–Trinajstić information content (AvgIpc) is 2.82. The maximum atomic E-state index is 12.5. The lowest BCUT2D eigenvalue weighted by molar-refractivity contribution is 0.0527. The van der Waals surface area contributed by atoms with Gasteiger partial charge < -0.3 is 19.5 Å². The van der Waals surface area contributed by atoms with Crippen molar-refractivity contribution in [2.75, 3.05) is 19.0 Å². The molecule has 2 aromatic carbocycles. The number of carbonyl (C=O) groups is 1. The van der Waals surface area contributed by atoms with Crippen molar-refractivity contribution in [3.63, 3.8) is 0 Å². The number of fused-ring (bicyclic) bond motifs is 1. The van der Waals surface area contributed by atoms with E-state index in [2.05, 4.69) is 26.2 Å². The van der Waals surface area contributed by atoms with Gasteiger partial charge in [0.25, 0.3) is 0 Å². The molecule has 26 heavy (non-hydrogen) atoms. The molecule has 4 rings (SSSR count). The first kappa shape index (κ1) is 16.7. The Kier molecular flexibility index (Phi) is 4.16. The third-order valence-electron chi connectivity index (χ3n) is 4.09. The van der Waals surface area contributed by atoms with Gasteiger partial charge in [-0.1, -0.05) is 12.1 Å². The van der Waals surface area contributed by atoms with Crippen LogP contribution in [0.4, 0.5) is 11.4 Å². The fourth-order valence-corrected chi connectivity index (χ4v) is 3.47. The second kappa shape index (κ2) is 6.49. The van der Waals surface area contributed by atoms with E-state index in [1.807, 2.05) is 24.3 Å². The monoisotopic (exact) mass is 414 g/mol. The van der Waals surface area contributed by atoms with Crippen LogP contribution >= 0.6 is 15.9 Å². The number of methoxy groups -OCH3 is 1. The van der Waals surface area contributed by atoms with Gasteiger partial charge in [0, 0.05) is 12.3 Å². The van der Waals surface area contributed by atoms with Crippen LogP contribution in [0.1, 0.15) is 17.3 Å². The van der Waals surface area contributed by atoms with Crippen LogP contribution in [0.15, 0.2) is 41.0 Å². The Morgan fingerprint density at radius 3 is 2.92 bits per heavy atom. The summed E-state index contributed by atoms with van der Waals surface area (Å²) in [6, 6.07) is 9.30. The molecule has 6 nitrogen and oxygen atoms in total. The second-order valence-corrected chi connectivity index (χ2v) is 6.40. The van der Waals surface area contributed by atoms with Crippen LogP contribution in [0.3, 0.4) is 0 Å². The van der Waals surface area contributed by atoms with Crippen LogP contribution in [-0.4, -0.2) is 24.7 Å². The number of aromatic nitrogens is 1. The van der Waals surface area contributed by atoms with E-state index in [0.717, 1.165) is 5.69 Å². The first-order chi connectivity index (χ1) is 12.6. The smallest absolute Gasteiger partial charge is 0.341 e. The van der Waals surface area contributed by atoms with E-state index in [0.29, 0.717) is 43.9 Å². The Bertz CT molecular complexity index is 1040. The molecule has 0 spiro atoms. The van der Waals surface area contributed by atoms with Crippen LogP contribution in [0.25, 0.3) is 10.9 Å². The molecule has 1 aliphatic rings. The summed E-state index contributed by atoms with van der Waals surface area (Å²) in [5.74, 6) is 1.31. The van der Waals surface area contributed by atoms with Crippen molar-refractivity contribution in [2.45, 2.75) is 6.92 Å². The molecule has 0 bridgehead atoms. The molecule has 7 heteroatoms. The Hall–Kier alpha value is -2.80. The van der Waals surface area contributed by atoms with Gasteiger partial charge in [0.1, 0.15) is 15.8 Å². The number of pyridine rings is 1. The van der Waals surface area contributed by atoms with Gasteiger partial charge in [-0.25, -0.2) is 4.79 Å². The lowest BCUT2D eigenvalue weighted by Crippen LogP contribution is -2.09. The number of para-hydroxylation sites is 2. The molecule has 3 aromatic rings. The highest BCUT2D eigenvalue weighted by atomic mass is 79.9. The zero-order chi connectivity index (χ0) is 18.3. The minimum atomic E-state index is -0.443. The number of ether oxygens (including phenoxy) is 3. The fourth-order valence-electron chi connectivity index (χ4n) is 2.92. The molecule has 1 N–H and O–H groups in total. The molecule has 2 heterocycles. The predicted molar refractivity (Wildman–Crippen MR) is 102 cm³/mol. The standard InChI is InChI=1S/C19H15BrN2O4/c1-3-25-19(23)10-9-21-12-8-14(24-2)16(20)18-15(12)17(10)22-11-6-4-5-7-13(11)26-18/h4-9,22H,3H2,1-2H3. The maximum absolute atomic E-state index is 12.5. The highest BCUT2D eigenvalue weighted by molar-refractivity contribution is 9.10. The van der Waals surface area contributed by atoms with Gasteiger partial charge in [-0.2, -0.15) is 0 Å². The molecule has 0 saturated carbocycles. The van der Waals surface area contributed by atoms with Crippen molar-refractivity contribution < 1.29 is 19.0 Å². The van der Waals surface area contributed by atoms with E-state index < -0.39 is 5.97 Å². The van der Waals surface area contributed by atoms with Crippen molar-refractivity contribution in [3.05, 3.63) is 46.6 Å². The Balaban J connectivity index is 2.08. The number of halogens is 1. The van der Waals surface area contributed by atoms with E-state index in [1.54, 1.807) is 20.1 Å². The minimum Gasteiger partial charge on any atom is -0.495 e. The number of hydrogen-bond acceptors (Lipinski definition) is 6. The van der Waals surface area contributed by atoms with E-state index >= 15 is 0 Å². The number of anilines is 2. The summed E-state index contributed by atoms with van der Waals surface area (Å²) in [7, 11) is 1.58. The van der Waals surface area contributed by atoms with Crippen molar-refractivity contribution in [3.8, 4) is 17.2 Å². The number of rotatable bonds is 3. The SMILES string of the molecule is CCOC(=O)c1cnc2cc(OC)c(Br)c3c2c1Nc1ccccc1O3. The molecular formula is C19H15BrN2O4. The summed E-state index contributed by atoms with van der Waals surface area (Å²) >= 11 is 3.55. The van der Waals surface area contributed by atoms with Crippen molar-refractivity contribution in [1.29, 1.82) is 0 Å². The van der Waals surface area contributed by atoms with Gasteiger partial charge in [0.15, 0.2) is 11.5 Å². The Labute approximate surface area is 158 Å². The van der Waals surface area contributed by atoms with Gasteiger partial charge >= 0.3 is 5.97 Å². The number of esters is 1. The van der Waals surface area contributed by atoms with Crippen LogP contribution in [-0.2, 0) is 4.74 Å². The number of nitrogens with one attached hydrogen (secondary N) is 1. The summed E-state index contributed by atoms with van der Waals surface area (Å²) in [5, 5.41) is 3.99. The van der Waals surface area contributed by atoms with Crippen LogP contribution in [0.5, 0.6) is 17.2 Å². The molecule has 1 aliphatic heterocycles. The molecule has 1 aromatic heterocycles. The molecule has 0 amide bonds. The first-order valence-electron chi connectivity index (χ1n) is 8.04. The topological polar surface area (TPSA) is 69.7 Å². The largest absolute Gasteiger partial charge is 0.495 e. The minimum absolute atomic E-state index is 0.280. The zero-order valence-electron chi connectivity index (χ0n) is 14.1. The van der Waals surface area contributed by atoms with Crippen molar-refractivity contribution >= 4 is 44.2 Å². The lowest BCUT2D eigenvalue weighted by Gasteiger charge is -2.15. The maximum Gasteiger partial charge on any atom is 0.341 e. The quantitative estimate of drug-likeness (QED) is 0.474. The van der Waals surface area contributed by atoms with Crippen molar-refractivity contribution in [2.24, 2.45) is 0 Å². The highest BCUT2D eigenvalue weighted by Gasteiger charge is 2.26. The predicted octanol–water partition coefficient (Wildman–Crippen LogP) is 5.03. The number of hydrogen-bond donors (Lipinski definition) is 1. The molecule has 0 atom stereocenters. The van der Waals surface area contributed by atoms with Gasteiger partial charge in [0.05, 0.1) is 36.0 Å². The molecule has 132 valence electrons. The first-order valence-corrected chi connectivity index (χ1v) is 8.83. The molecule has 0 radical (unpaired) electrons. The van der Waals surface area contributed by atoms with E-state index in [9.17, 15) is 4.79 Å². The van der Waals surface area contributed by atoms with Crippen LogP contribution in [0.2, 0.25) is 0 Å². The summed E-state index contributed by atoms with van der Waals surface area (Å²) < 4.78 is 17.4. The summed E-state index contributed by atoms with van der Waals surface area (Å²) in [4.78, 5) is 16.9. The van der Waals surface area contributed by atoms with E-state index in [1.165, 1.54) is 6.20 Å². The normalized spacial score (nSPS) is 11.8. The highest BCUT2D eigenvalue weighted by Crippen LogP contribution is 2.50. The summed E-state index contributed by atoms with van der Waals surface area (Å²) in [6.07, 6.45) is 1.51. The third-order valence-corrected chi connectivity index (χ3v) is 4.84. The molecule has 0 unspecified atom stereocenters.